The number of likely N-dealkylation sites (tertiary alicyclic amines) is 1. The molecule has 1 amide bonds. The maximum Gasteiger partial charge on any atom is 0.409 e. The highest BCUT2D eigenvalue weighted by molar-refractivity contribution is 5.80. The summed E-state index contributed by atoms with van der Waals surface area (Å²) in [7, 11) is 1.42. The highest BCUT2D eigenvalue weighted by Gasteiger charge is 2.29. The Hall–Kier alpha value is -1.50. The second kappa shape index (κ2) is 9.11. The fourth-order valence-corrected chi connectivity index (χ4v) is 3.44. The van der Waals surface area contributed by atoms with Crippen LogP contribution in [0.5, 0.6) is 0 Å². The number of amides is 1. The number of piperidine rings is 1. The molecule has 7 heteroatoms. The fourth-order valence-electron chi connectivity index (χ4n) is 3.44. The summed E-state index contributed by atoms with van der Waals surface area (Å²) >= 11 is 0. The van der Waals surface area contributed by atoms with Crippen LogP contribution in [0.2, 0.25) is 0 Å². The molecule has 1 aliphatic heterocycles. The number of guanidine groups is 1. The van der Waals surface area contributed by atoms with Gasteiger partial charge in [-0.05, 0) is 32.6 Å². The molecule has 0 radical (unpaired) electrons. The molecule has 2 fully saturated rings. The van der Waals surface area contributed by atoms with E-state index in [0.29, 0.717) is 19.6 Å². The maximum atomic E-state index is 11.5. The summed E-state index contributed by atoms with van der Waals surface area (Å²) in [4.78, 5) is 17.9. The summed E-state index contributed by atoms with van der Waals surface area (Å²) in [6.45, 7) is 4.64. The predicted octanol–water partition coefficient (Wildman–Crippen LogP) is 1.47. The summed E-state index contributed by atoms with van der Waals surface area (Å²) in [6.07, 6.45) is 6.54. The molecule has 2 aliphatic rings. The van der Waals surface area contributed by atoms with Gasteiger partial charge in [0.25, 0.3) is 0 Å². The van der Waals surface area contributed by atoms with Gasteiger partial charge in [0, 0.05) is 25.7 Å². The zero-order valence-electron chi connectivity index (χ0n) is 15.0. The number of aliphatic imine (C=N–C) groups is 1. The molecular weight excluding hydrogens is 308 g/mol. The highest BCUT2D eigenvalue weighted by atomic mass is 16.5. The van der Waals surface area contributed by atoms with Gasteiger partial charge in [0.2, 0.25) is 0 Å². The van der Waals surface area contributed by atoms with E-state index in [9.17, 15) is 9.90 Å². The number of aliphatic hydroxyl groups is 1. The van der Waals surface area contributed by atoms with Gasteiger partial charge < -0.3 is 25.4 Å². The number of carbonyl (C=O) groups excluding carboxylic acids is 1. The number of nitrogens with zero attached hydrogens (tertiary/aromatic N) is 2. The highest BCUT2D eigenvalue weighted by Crippen LogP contribution is 2.28. The van der Waals surface area contributed by atoms with Crippen LogP contribution in [0.3, 0.4) is 0 Å². The molecule has 0 atom stereocenters. The summed E-state index contributed by atoms with van der Waals surface area (Å²) < 4.78 is 4.76. The third kappa shape index (κ3) is 5.54. The average molecular weight is 340 g/mol. The Morgan fingerprint density at radius 2 is 1.96 bits per heavy atom. The molecule has 1 saturated carbocycles. The molecule has 138 valence electrons. The van der Waals surface area contributed by atoms with E-state index in [1.165, 1.54) is 13.5 Å². The molecule has 24 heavy (non-hydrogen) atoms. The molecule has 0 bridgehead atoms. The van der Waals surface area contributed by atoms with Crippen LogP contribution in [0, 0.1) is 0 Å². The molecular formula is C17H32N4O3. The Bertz CT molecular complexity index is 428. The van der Waals surface area contributed by atoms with Gasteiger partial charge in [-0.1, -0.05) is 19.3 Å². The van der Waals surface area contributed by atoms with Crippen molar-refractivity contribution < 1.29 is 14.6 Å². The van der Waals surface area contributed by atoms with Gasteiger partial charge in [0.15, 0.2) is 5.96 Å². The van der Waals surface area contributed by atoms with Gasteiger partial charge in [-0.3, -0.25) is 4.99 Å². The van der Waals surface area contributed by atoms with Crippen LogP contribution in [-0.2, 0) is 4.74 Å². The molecule has 3 N–H and O–H groups in total. The number of nitrogens with one attached hydrogen (secondary N) is 2. The third-order valence-electron chi connectivity index (χ3n) is 4.93. The Balaban J connectivity index is 1.84. The van der Waals surface area contributed by atoms with E-state index in [1.54, 1.807) is 4.90 Å². The monoisotopic (exact) mass is 340 g/mol. The summed E-state index contributed by atoms with van der Waals surface area (Å²) in [5, 5.41) is 17.3. The van der Waals surface area contributed by atoms with Gasteiger partial charge in [-0.25, -0.2) is 4.79 Å². The number of rotatable bonds is 4. The van der Waals surface area contributed by atoms with Gasteiger partial charge in [-0.15, -0.1) is 0 Å². The van der Waals surface area contributed by atoms with Crippen LogP contribution in [0.4, 0.5) is 4.79 Å². The van der Waals surface area contributed by atoms with Crippen molar-refractivity contribution in [2.45, 2.75) is 63.5 Å². The first-order valence-electron chi connectivity index (χ1n) is 9.16. The molecule has 7 nitrogen and oxygen atoms in total. The van der Waals surface area contributed by atoms with E-state index < -0.39 is 5.60 Å². The van der Waals surface area contributed by atoms with Crippen molar-refractivity contribution in [3.8, 4) is 0 Å². The smallest absolute Gasteiger partial charge is 0.409 e. The van der Waals surface area contributed by atoms with Gasteiger partial charge >= 0.3 is 6.09 Å². The van der Waals surface area contributed by atoms with E-state index in [4.69, 9.17) is 4.74 Å². The second-order valence-electron chi connectivity index (χ2n) is 6.86. The number of hydrogen-bond donors (Lipinski definition) is 3. The quantitative estimate of drug-likeness (QED) is 0.533. The van der Waals surface area contributed by atoms with Crippen molar-refractivity contribution in [3.63, 3.8) is 0 Å². The van der Waals surface area contributed by atoms with E-state index >= 15 is 0 Å². The zero-order valence-corrected chi connectivity index (χ0v) is 15.0. The largest absolute Gasteiger partial charge is 0.453 e. The van der Waals surface area contributed by atoms with Gasteiger partial charge in [0.1, 0.15) is 0 Å². The van der Waals surface area contributed by atoms with E-state index in [1.807, 2.05) is 6.92 Å². The van der Waals surface area contributed by atoms with Crippen molar-refractivity contribution in [2.75, 3.05) is 33.3 Å². The topological polar surface area (TPSA) is 86.2 Å². The van der Waals surface area contributed by atoms with Crippen LogP contribution in [-0.4, -0.2) is 67.0 Å². The fraction of sp³-hybridized carbons (Fsp3) is 0.882. The number of ether oxygens (including phenoxy) is 1. The predicted molar refractivity (Wildman–Crippen MR) is 94.1 cm³/mol. The lowest BCUT2D eigenvalue weighted by atomic mass is 9.85. The maximum absolute atomic E-state index is 11.5. The molecule has 1 saturated heterocycles. The Morgan fingerprint density at radius 1 is 1.29 bits per heavy atom. The molecule has 1 aliphatic carbocycles. The van der Waals surface area contributed by atoms with E-state index in [-0.39, 0.29) is 12.1 Å². The third-order valence-corrected chi connectivity index (χ3v) is 4.93. The van der Waals surface area contributed by atoms with Crippen molar-refractivity contribution in [1.82, 2.24) is 15.5 Å². The van der Waals surface area contributed by atoms with Gasteiger partial charge in [-0.2, -0.15) is 0 Å². The van der Waals surface area contributed by atoms with Crippen LogP contribution in [0.25, 0.3) is 0 Å². The molecule has 2 rings (SSSR count). The van der Waals surface area contributed by atoms with Crippen LogP contribution in [0.15, 0.2) is 4.99 Å². The summed E-state index contributed by atoms with van der Waals surface area (Å²) in [5.41, 5.74) is -0.644. The molecule has 0 aromatic rings. The second-order valence-corrected chi connectivity index (χ2v) is 6.86. The summed E-state index contributed by atoms with van der Waals surface area (Å²) in [5.74, 6) is 0.757. The van der Waals surface area contributed by atoms with Crippen LogP contribution < -0.4 is 10.6 Å². The molecule has 0 aromatic carbocycles. The van der Waals surface area contributed by atoms with Crippen molar-refractivity contribution in [2.24, 2.45) is 4.99 Å². The average Bonchev–Trinajstić information content (AvgIpc) is 2.60. The SMILES string of the molecule is CCNC(=NCC1(O)CCCCC1)NC1CCN(C(=O)OC)CC1. The first-order chi connectivity index (χ1) is 11.6. The number of hydrogen-bond acceptors (Lipinski definition) is 4. The molecule has 0 unspecified atom stereocenters. The minimum atomic E-state index is -0.644. The molecule has 1 heterocycles. The van der Waals surface area contributed by atoms with E-state index in [0.717, 1.165) is 51.0 Å². The van der Waals surface area contributed by atoms with E-state index in [2.05, 4.69) is 15.6 Å². The van der Waals surface area contributed by atoms with Gasteiger partial charge in [0.05, 0.1) is 19.3 Å². The lowest BCUT2D eigenvalue weighted by molar-refractivity contribution is 0.0131. The standard InChI is InChI=1S/C17H32N4O3/c1-3-18-15(19-13-17(23)9-5-4-6-10-17)20-14-7-11-21(12-8-14)16(22)24-2/h14,23H,3-13H2,1-2H3,(H2,18,19,20). The Labute approximate surface area is 144 Å². The molecule has 0 aromatic heterocycles. The number of carbonyl (C=O) groups is 1. The van der Waals surface area contributed by atoms with Crippen LogP contribution in [0.1, 0.15) is 51.9 Å². The zero-order chi connectivity index (χ0) is 17.4. The lowest BCUT2D eigenvalue weighted by Gasteiger charge is -2.33. The van der Waals surface area contributed by atoms with Crippen molar-refractivity contribution in [3.05, 3.63) is 0 Å². The van der Waals surface area contributed by atoms with Crippen molar-refractivity contribution >= 4 is 12.1 Å². The van der Waals surface area contributed by atoms with Crippen molar-refractivity contribution in [1.29, 1.82) is 0 Å². The number of methoxy groups -OCH3 is 1. The first-order valence-corrected chi connectivity index (χ1v) is 9.16. The normalized spacial score (nSPS) is 22.1. The Kier molecular flexibility index (Phi) is 7.15. The lowest BCUT2D eigenvalue weighted by Crippen LogP contribution is -2.50. The first kappa shape index (κ1) is 18.8. The summed E-state index contributed by atoms with van der Waals surface area (Å²) in [6, 6.07) is 0.282. The minimum absolute atomic E-state index is 0.256. The van der Waals surface area contributed by atoms with Crippen LogP contribution >= 0.6 is 0 Å². The Morgan fingerprint density at radius 3 is 2.54 bits per heavy atom. The minimum Gasteiger partial charge on any atom is -0.453 e. The molecule has 0 spiro atoms.